The first-order valence-corrected chi connectivity index (χ1v) is 7.78. The number of Topliss-reactive ketones (excluding diaryl/α,β-unsaturated/α-hetero) is 1. The van der Waals surface area contributed by atoms with Crippen LogP contribution in [0, 0.1) is 5.92 Å². The SMILES string of the molecule is O=C(Cc1ccccc1)CN1CCC2NC(=O)CCC2C1. The number of carbonyl (C=O) groups excluding carboxylic acids is 2. The van der Waals surface area contributed by atoms with Crippen LogP contribution >= 0.6 is 0 Å². The van der Waals surface area contributed by atoms with Crippen molar-refractivity contribution in [2.75, 3.05) is 19.6 Å². The van der Waals surface area contributed by atoms with Crippen molar-refractivity contribution in [2.24, 2.45) is 5.92 Å². The number of piperidine rings is 2. The van der Waals surface area contributed by atoms with Gasteiger partial charge in [-0.15, -0.1) is 0 Å². The minimum Gasteiger partial charge on any atom is -0.353 e. The van der Waals surface area contributed by atoms with Crippen molar-refractivity contribution in [1.82, 2.24) is 10.2 Å². The van der Waals surface area contributed by atoms with Crippen molar-refractivity contribution in [2.45, 2.75) is 31.7 Å². The second-order valence-corrected chi connectivity index (χ2v) is 6.20. The first-order chi connectivity index (χ1) is 10.2. The van der Waals surface area contributed by atoms with Gasteiger partial charge in [0.25, 0.3) is 0 Å². The fourth-order valence-corrected chi connectivity index (χ4v) is 3.46. The van der Waals surface area contributed by atoms with Crippen molar-refractivity contribution < 1.29 is 9.59 Å². The number of carbonyl (C=O) groups is 2. The molecule has 1 aromatic carbocycles. The van der Waals surface area contributed by atoms with Crippen LogP contribution in [0.15, 0.2) is 30.3 Å². The molecule has 2 atom stereocenters. The van der Waals surface area contributed by atoms with E-state index in [2.05, 4.69) is 10.2 Å². The molecule has 112 valence electrons. The number of ketones is 1. The molecule has 1 amide bonds. The van der Waals surface area contributed by atoms with Gasteiger partial charge in [-0.3, -0.25) is 14.5 Å². The fraction of sp³-hybridized carbons (Fsp3) is 0.529. The second kappa shape index (κ2) is 6.39. The normalized spacial score (nSPS) is 26.0. The Kier molecular flexibility index (Phi) is 4.34. The Morgan fingerprint density at radius 1 is 1.24 bits per heavy atom. The molecule has 21 heavy (non-hydrogen) atoms. The predicted molar refractivity (Wildman–Crippen MR) is 80.9 cm³/mol. The van der Waals surface area contributed by atoms with Gasteiger partial charge in [-0.05, 0) is 24.3 Å². The highest BCUT2D eigenvalue weighted by Gasteiger charge is 2.33. The molecular formula is C17H22N2O2. The topological polar surface area (TPSA) is 49.4 Å². The average Bonchev–Trinajstić information content (AvgIpc) is 2.48. The molecule has 0 saturated carbocycles. The summed E-state index contributed by atoms with van der Waals surface area (Å²) in [4.78, 5) is 25.8. The van der Waals surface area contributed by atoms with Crippen LogP contribution in [0.1, 0.15) is 24.8 Å². The maximum Gasteiger partial charge on any atom is 0.220 e. The van der Waals surface area contributed by atoms with Gasteiger partial charge in [-0.25, -0.2) is 0 Å². The summed E-state index contributed by atoms with van der Waals surface area (Å²) in [6, 6.07) is 10.2. The van der Waals surface area contributed by atoms with Crippen molar-refractivity contribution >= 4 is 11.7 Å². The zero-order valence-corrected chi connectivity index (χ0v) is 12.3. The summed E-state index contributed by atoms with van der Waals surface area (Å²) in [5, 5.41) is 3.08. The standard InChI is InChI=1S/C17H22N2O2/c20-15(10-13-4-2-1-3-5-13)12-19-9-8-16-14(11-19)6-7-17(21)18-16/h1-5,14,16H,6-12H2,(H,18,21). The molecule has 1 aromatic rings. The highest BCUT2D eigenvalue weighted by molar-refractivity contribution is 5.82. The molecule has 0 aliphatic carbocycles. The van der Waals surface area contributed by atoms with E-state index >= 15 is 0 Å². The molecule has 2 unspecified atom stereocenters. The molecule has 0 bridgehead atoms. The third-order valence-electron chi connectivity index (χ3n) is 4.55. The molecule has 1 N–H and O–H groups in total. The Bertz CT molecular complexity index is 515. The third-order valence-corrected chi connectivity index (χ3v) is 4.55. The van der Waals surface area contributed by atoms with Crippen molar-refractivity contribution in [1.29, 1.82) is 0 Å². The Hall–Kier alpha value is -1.68. The average molecular weight is 286 g/mol. The van der Waals surface area contributed by atoms with E-state index in [9.17, 15) is 9.59 Å². The minimum atomic E-state index is 0.185. The highest BCUT2D eigenvalue weighted by Crippen LogP contribution is 2.25. The summed E-state index contributed by atoms with van der Waals surface area (Å²) in [5.41, 5.74) is 1.09. The zero-order valence-electron chi connectivity index (χ0n) is 12.3. The van der Waals surface area contributed by atoms with Crippen LogP contribution in [0.3, 0.4) is 0 Å². The van der Waals surface area contributed by atoms with E-state index in [0.29, 0.717) is 31.3 Å². The van der Waals surface area contributed by atoms with Gasteiger partial charge in [-0.1, -0.05) is 30.3 Å². The molecule has 2 fully saturated rings. The largest absolute Gasteiger partial charge is 0.353 e. The summed E-state index contributed by atoms with van der Waals surface area (Å²) in [6.45, 7) is 2.37. The summed E-state index contributed by atoms with van der Waals surface area (Å²) >= 11 is 0. The Labute approximate surface area is 125 Å². The predicted octanol–water partition coefficient (Wildman–Crippen LogP) is 1.40. The van der Waals surface area contributed by atoms with Crippen LogP contribution in [0.2, 0.25) is 0 Å². The van der Waals surface area contributed by atoms with Gasteiger partial charge in [0, 0.05) is 32.0 Å². The molecule has 2 heterocycles. The Morgan fingerprint density at radius 2 is 2.05 bits per heavy atom. The lowest BCUT2D eigenvalue weighted by atomic mass is 9.85. The van der Waals surface area contributed by atoms with E-state index in [0.717, 1.165) is 31.5 Å². The van der Waals surface area contributed by atoms with E-state index < -0.39 is 0 Å². The smallest absolute Gasteiger partial charge is 0.220 e. The number of amides is 1. The van der Waals surface area contributed by atoms with Gasteiger partial charge in [0.1, 0.15) is 0 Å². The summed E-state index contributed by atoms with van der Waals surface area (Å²) in [6.07, 6.45) is 3.07. The summed E-state index contributed by atoms with van der Waals surface area (Å²) < 4.78 is 0. The number of hydrogen-bond acceptors (Lipinski definition) is 3. The van der Waals surface area contributed by atoms with Crippen LogP contribution in [-0.4, -0.2) is 42.3 Å². The van der Waals surface area contributed by atoms with Crippen LogP contribution < -0.4 is 5.32 Å². The number of rotatable bonds is 4. The Morgan fingerprint density at radius 3 is 2.86 bits per heavy atom. The van der Waals surface area contributed by atoms with Gasteiger partial charge >= 0.3 is 0 Å². The molecule has 2 saturated heterocycles. The number of hydrogen-bond donors (Lipinski definition) is 1. The lowest BCUT2D eigenvalue weighted by Crippen LogP contribution is -2.54. The van der Waals surface area contributed by atoms with E-state index in [4.69, 9.17) is 0 Å². The number of benzene rings is 1. The first kappa shape index (κ1) is 14.3. The summed E-state index contributed by atoms with van der Waals surface area (Å²) in [5.74, 6) is 0.977. The molecular weight excluding hydrogens is 264 g/mol. The van der Waals surface area contributed by atoms with Gasteiger partial charge in [0.2, 0.25) is 5.91 Å². The van der Waals surface area contributed by atoms with Crippen LogP contribution in [0.4, 0.5) is 0 Å². The van der Waals surface area contributed by atoms with Crippen LogP contribution in [0.25, 0.3) is 0 Å². The first-order valence-electron chi connectivity index (χ1n) is 7.78. The van der Waals surface area contributed by atoms with Gasteiger partial charge < -0.3 is 5.32 Å². The molecule has 2 aliphatic rings. The molecule has 0 spiro atoms. The molecule has 0 aromatic heterocycles. The Balaban J connectivity index is 1.50. The van der Waals surface area contributed by atoms with E-state index in [-0.39, 0.29) is 11.7 Å². The highest BCUT2D eigenvalue weighted by atomic mass is 16.1. The van der Waals surface area contributed by atoms with E-state index in [1.54, 1.807) is 0 Å². The number of nitrogens with one attached hydrogen (secondary N) is 1. The minimum absolute atomic E-state index is 0.185. The lowest BCUT2D eigenvalue weighted by molar-refractivity contribution is -0.126. The number of likely N-dealkylation sites (tertiary alicyclic amines) is 1. The van der Waals surface area contributed by atoms with Crippen molar-refractivity contribution in [3.05, 3.63) is 35.9 Å². The van der Waals surface area contributed by atoms with E-state index in [1.165, 1.54) is 0 Å². The maximum atomic E-state index is 12.2. The quantitative estimate of drug-likeness (QED) is 0.910. The zero-order chi connectivity index (χ0) is 14.7. The third kappa shape index (κ3) is 3.70. The van der Waals surface area contributed by atoms with E-state index in [1.807, 2.05) is 30.3 Å². The molecule has 4 nitrogen and oxygen atoms in total. The second-order valence-electron chi connectivity index (χ2n) is 6.20. The maximum absolute atomic E-state index is 12.2. The van der Waals surface area contributed by atoms with Crippen molar-refractivity contribution in [3.8, 4) is 0 Å². The van der Waals surface area contributed by atoms with Crippen molar-refractivity contribution in [3.63, 3.8) is 0 Å². The number of fused-ring (bicyclic) bond motifs is 1. The molecule has 3 rings (SSSR count). The number of nitrogens with zero attached hydrogens (tertiary/aromatic N) is 1. The van der Waals surface area contributed by atoms with Gasteiger partial charge in [0.05, 0.1) is 6.54 Å². The summed E-state index contributed by atoms with van der Waals surface area (Å²) in [7, 11) is 0. The fourth-order valence-electron chi connectivity index (χ4n) is 3.46. The van der Waals surface area contributed by atoms with Crippen LogP contribution in [0.5, 0.6) is 0 Å². The van der Waals surface area contributed by atoms with Gasteiger partial charge in [0.15, 0.2) is 5.78 Å². The van der Waals surface area contributed by atoms with Gasteiger partial charge in [-0.2, -0.15) is 0 Å². The molecule has 0 radical (unpaired) electrons. The lowest BCUT2D eigenvalue weighted by Gasteiger charge is -2.41. The molecule has 2 aliphatic heterocycles. The van der Waals surface area contributed by atoms with Crippen LogP contribution in [-0.2, 0) is 16.0 Å². The monoisotopic (exact) mass is 286 g/mol. The molecule has 4 heteroatoms.